The number of halogens is 1. The van der Waals surface area contributed by atoms with E-state index < -0.39 is 47.5 Å². The van der Waals surface area contributed by atoms with Crippen LogP contribution in [0.3, 0.4) is 0 Å². The Hall–Kier alpha value is -2.49. The fraction of sp³-hybridized carbons (Fsp3) is 0.536. The molecule has 3 fully saturated rings. The summed E-state index contributed by atoms with van der Waals surface area (Å²) >= 11 is 3.65. The van der Waals surface area contributed by atoms with Crippen LogP contribution in [0.2, 0.25) is 0 Å². The molecule has 3 aliphatic rings. The normalized spacial score (nSPS) is 31.1. The zero-order valence-corrected chi connectivity index (χ0v) is 22.8. The van der Waals surface area contributed by atoms with Gasteiger partial charge in [0, 0.05) is 10.5 Å². The molecule has 2 amide bonds. The van der Waals surface area contributed by atoms with Gasteiger partial charge in [-0.15, -0.1) is 0 Å². The molecule has 2 aromatic carbocycles. The van der Waals surface area contributed by atoms with Gasteiger partial charge in [-0.05, 0) is 48.6 Å². The van der Waals surface area contributed by atoms with Gasteiger partial charge >= 0.3 is 5.97 Å². The SMILES string of the molecule is CCOC(=O)[C@H]1[C@@H]2OC3(CC2Br)C(C(=O)Nc2ccc4ccccc4c2)N([C@@H](CO)CC(C)C)C(=O)[C@H]13. The van der Waals surface area contributed by atoms with Crippen LogP contribution < -0.4 is 5.32 Å². The van der Waals surface area contributed by atoms with Gasteiger partial charge in [-0.25, -0.2) is 0 Å². The van der Waals surface area contributed by atoms with Crippen molar-refractivity contribution in [2.45, 2.75) is 62.2 Å². The molecule has 3 aliphatic heterocycles. The van der Waals surface area contributed by atoms with Crippen LogP contribution in [0.5, 0.6) is 0 Å². The highest BCUT2D eigenvalue weighted by Crippen LogP contribution is 2.60. The van der Waals surface area contributed by atoms with Crippen LogP contribution in [0.25, 0.3) is 10.8 Å². The molecule has 3 heterocycles. The van der Waals surface area contributed by atoms with Gasteiger partial charge in [0.05, 0.1) is 37.2 Å². The monoisotopic (exact) mass is 572 g/mol. The van der Waals surface area contributed by atoms with Crippen LogP contribution in [-0.2, 0) is 23.9 Å². The van der Waals surface area contributed by atoms with Crippen molar-refractivity contribution in [1.82, 2.24) is 4.90 Å². The van der Waals surface area contributed by atoms with Crippen LogP contribution in [0.1, 0.15) is 33.6 Å². The highest BCUT2D eigenvalue weighted by atomic mass is 79.9. The molecular weight excluding hydrogens is 540 g/mol. The second-order valence-corrected chi connectivity index (χ2v) is 11.9. The number of rotatable bonds is 8. The molecule has 1 spiro atoms. The van der Waals surface area contributed by atoms with E-state index in [-0.39, 0.29) is 29.9 Å². The topological polar surface area (TPSA) is 105 Å². The van der Waals surface area contributed by atoms with Gasteiger partial charge in [-0.1, -0.05) is 60.1 Å². The number of ether oxygens (including phenoxy) is 2. The number of carbonyl (C=O) groups is 3. The van der Waals surface area contributed by atoms with E-state index in [2.05, 4.69) is 21.2 Å². The van der Waals surface area contributed by atoms with Crippen LogP contribution in [0, 0.1) is 17.8 Å². The van der Waals surface area contributed by atoms with Gasteiger partial charge in [0.25, 0.3) is 0 Å². The average molecular weight is 573 g/mol. The smallest absolute Gasteiger partial charge is 0.312 e. The molecule has 2 aromatic rings. The number of aliphatic hydroxyl groups is 1. The molecular formula is C28H33BrN2O6. The third-order valence-electron chi connectivity index (χ3n) is 7.90. The first-order valence-electron chi connectivity index (χ1n) is 12.9. The number of esters is 1. The fourth-order valence-corrected chi connectivity index (χ4v) is 7.51. The minimum atomic E-state index is -1.20. The fourth-order valence-electron chi connectivity index (χ4n) is 6.57. The van der Waals surface area contributed by atoms with Gasteiger partial charge in [0.1, 0.15) is 11.6 Å². The van der Waals surface area contributed by atoms with Crippen molar-refractivity contribution in [3.63, 3.8) is 0 Å². The molecule has 0 aromatic heterocycles. The molecule has 9 heteroatoms. The largest absolute Gasteiger partial charge is 0.466 e. The van der Waals surface area contributed by atoms with E-state index in [9.17, 15) is 19.5 Å². The van der Waals surface area contributed by atoms with Crippen LogP contribution >= 0.6 is 15.9 Å². The maximum absolute atomic E-state index is 14.1. The van der Waals surface area contributed by atoms with Crippen LogP contribution in [0.4, 0.5) is 5.69 Å². The van der Waals surface area contributed by atoms with Crippen molar-refractivity contribution < 1.29 is 29.0 Å². The van der Waals surface area contributed by atoms with Crippen LogP contribution in [0.15, 0.2) is 42.5 Å². The third kappa shape index (κ3) is 4.25. The average Bonchev–Trinajstić information content (AvgIpc) is 3.45. The maximum atomic E-state index is 14.1. The summed E-state index contributed by atoms with van der Waals surface area (Å²) in [5.41, 5.74) is -0.594. The van der Waals surface area contributed by atoms with Gasteiger partial charge in [0.15, 0.2) is 0 Å². The second-order valence-electron chi connectivity index (χ2n) is 10.7. The molecule has 0 radical (unpaired) electrons. The standard InChI is InChI=1S/C28H33BrN2O6/c1-4-36-27(35)21-22-26(34)31(19(14-32)11-15(2)3)24(28(22)13-20(29)23(21)37-28)25(33)30-18-10-9-16-7-5-6-8-17(16)12-18/h5-10,12,15,19-24,32H,4,11,13-14H2,1-3H3,(H,30,33)/t19-,20?,21-,22+,23-,24?,28?/m1/s1. The Morgan fingerprint density at radius 1 is 1.24 bits per heavy atom. The molecule has 2 bridgehead atoms. The molecule has 0 aliphatic carbocycles. The number of benzene rings is 2. The molecule has 3 saturated heterocycles. The van der Waals surface area contributed by atoms with E-state index in [1.54, 1.807) is 6.92 Å². The summed E-state index contributed by atoms with van der Waals surface area (Å²) in [5, 5.41) is 15.4. The van der Waals surface area contributed by atoms with Crippen molar-refractivity contribution in [2.75, 3.05) is 18.5 Å². The predicted molar refractivity (Wildman–Crippen MR) is 142 cm³/mol. The first-order valence-corrected chi connectivity index (χ1v) is 13.8. The van der Waals surface area contributed by atoms with Crippen LogP contribution in [-0.4, -0.2) is 69.6 Å². The lowest BCUT2D eigenvalue weighted by Gasteiger charge is -2.37. The molecule has 3 unspecified atom stereocenters. The summed E-state index contributed by atoms with van der Waals surface area (Å²) < 4.78 is 11.8. The van der Waals surface area contributed by atoms with E-state index >= 15 is 0 Å². The lowest BCUT2D eigenvalue weighted by atomic mass is 9.70. The molecule has 2 N–H and O–H groups in total. The Morgan fingerprint density at radius 2 is 1.97 bits per heavy atom. The van der Waals surface area contributed by atoms with E-state index in [0.717, 1.165) is 10.8 Å². The summed E-state index contributed by atoms with van der Waals surface area (Å²) in [6, 6.07) is 11.9. The molecule has 8 nitrogen and oxygen atoms in total. The summed E-state index contributed by atoms with van der Waals surface area (Å²) in [6.07, 6.45) is 0.343. The van der Waals surface area contributed by atoms with Crippen molar-refractivity contribution in [3.05, 3.63) is 42.5 Å². The number of anilines is 1. The lowest BCUT2D eigenvalue weighted by molar-refractivity contribution is -0.155. The Kier molecular flexibility index (Phi) is 7.06. The summed E-state index contributed by atoms with van der Waals surface area (Å²) in [5.74, 6) is -2.70. The zero-order chi connectivity index (χ0) is 26.5. The summed E-state index contributed by atoms with van der Waals surface area (Å²) in [7, 11) is 0. The highest BCUT2D eigenvalue weighted by Gasteiger charge is 2.77. The Morgan fingerprint density at radius 3 is 2.65 bits per heavy atom. The second kappa shape index (κ2) is 10.0. The van der Waals surface area contributed by atoms with E-state index in [1.165, 1.54) is 4.90 Å². The molecule has 198 valence electrons. The van der Waals surface area contributed by atoms with Gasteiger partial charge in [-0.2, -0.15) is 0 Å². The maximum Gasteiger partial charge on any atom is 0.312 e. The quantitative estimate of drug-likeness (QED) is 0.370. The molecule has 5 rings (SSSR count). The van der Waals surface area contributed by atoms with E-state index in [1.807, 2.05) is 56.3 Å². The van der Waals surface area contributed by atoms with Gasteiger partial charge in [0.2, 0.25) is 11.8 Å². The third-order valence-corrected chi connectivity index (χ3v) is 8.74. The summed E-state index contributed by atoms with van der Waals surface area (Å²) in [6.45, 7) is 5.62. The number of hydrogen-bond donors (Lipinski definition) is 2. The molecule has 37 heavy (non-hydrogen) atoms. The molecule has 0 saturated carbocycles. The number of nitrogens with one attached hydrogen (secondary N) is 1. The number of amides is 2. The first kappa shape index (κ1) is 26.1. The van der Waals surface area contributed by atoms with Crippen molar-refractivity contribution in [3.8, 4) is 0 Å². The highest BCUT2D eigenvalue weighted by molar-refractivity contribution is 9.09. The Bertz CT molecular complexity index is 1220. The number of alkyl halides is 1. The van der Waals surface area contributed by atoms with Gasteiger partial charge < -0.3 is 24.8 Å². The number of carbonyl (C=O) groups excluding carboxylic acids is 3. The number of likely N-dealkylation sites (tertiary alicyclic amines) is 1. The van der Waals surface area contributed by atoms with Crippen molar-refractivity contribution in [1.29, 1.82) is 0 Å². The van der Waals surface area contributed by atoms with E-state index in [4.69, 9.17) is 9.47 Å². The number of aliphatic hydroxyl groups excluding tert-OH is 1. The van der Waals surface area contributed by atoms with Gasteiger partial charge in [-0.3, -0.25) is 14.4 Å². The number of fused-ring (bicyclic) bond motifs is 2. The number of hydrogen-bond acceptors (Lipinski definition) is 6. The van der Waals surface area contributed by atoms with Crippen molar-refractivity contribution >= 4 is 50.2 Å². The Labute approximate surface area is 224 Å². The summed E-state index contributed by atoms with van der Waals surface area (Å²) in [4.78, 5) is 42.4. The predicted octanol–water partition coefficient (Wildman–Crippen LogP) is 3.50. The molecule has 7 atom stereocenters. The first-order chi connectivity index (χ1) is 17.7. The minimum absolute atomic E-state index is 0.175. The van der Waals surface area contributed by atoms with Crippen molar-refractivity contribution in [2.24, 2.45) is 17.8 Å². The Balaban J connectivity index is 1.55. The van der Waals surface area contributed by atoms with E-state index in [0.29, 0.717) is 18.5 Å². The number of nitrogens with zero attached hydrogens (tertiary/aromatic N) is 1. The lowest BCUT2D eigenvalue weighted by Crippen LogP contribution is -2.56. The zero-order valence-electron chi connectivity index (χ0n) is 21.2. The minimum Gasteiger partial charge on any atom is -0.466 e.